The average molecular weight is 696 g/mol. The van der Waals surface area contributed by atoms with Crippen molar-refractivity contribution in [1.29, 1.82) is 0 Å². The summed E-state index contributed by atoms with van der Waals surface area (Å²) in [5, 5.41) is 41.8. The van der Waals surface area contributed by atoms with Gasteiger partial charge in [0.25, 0.3) is 6.23 Å². The molecule has 5 rings (SSSR count). The maximum atomic E-state index is 12.5. The highest BCUT2D eigenvalue weighted by atomic mass is 32.1. The quantitative estimate of drug-likeness (QED) is 0.0440. The summed E-state index contributed by atoms with van der Waals surface area (Å²) in [6.45, 7) is -1.78. The van der Waals surface area contributed by atoms with E-state index in [0.717, 1.165) is 6.33 Å². The SMILES string of the molecule is Nc1ncnc2c1ncn2[C@@H]1O[C@H](COP(=O)(O)OP(=O)(O)OC[C@H]2O[C@@H]([n+]3cccc(C(=O)CS)c3)[C@H](O)[C@@H]2O)[C@@H](O)[C@H]1O. The van der Waals surface area contributed by atoms with Crippen LogP contribution in [0.5, 0.6) is 0 Å². The van der Waals surface area contributed by atoms with Gasteiger partial charge in [-0.15, -0.1) is 0 Å². The van der Waals surface area contributed by atoms with E-state index in [4.69, 9.17) is 24.3 Å². The van der Waals surface area contributed by atoms with Gasteiger partial charge in [-0.05, 0) is 6.07 Å². The topological polar surface area (TPSA) is 292 Å². The molecule has 2 aliphatic rings. The minimum atomic E-state index is -5.37. The number of hydrogen-bond donors (Lipinski definition) is 8. The number of fused-ring (bicyclic) bond motifs is 1. The number of ketones is 1. The summed E-state index contributed by atoms with van der Waals surface area (Å²) in [5.41, 5.74) is 6.37. The molecule has 8 N–H and O–H groups in total. The second-order valence-corrected chi connectivity index (χ2v) is 13.3. The van der Waals surface area contributed by atoms with Crippen LogP contribution in [0.1, 0.15) is 22.8 Å². The standard InChI is InChI=1S/C22H28N6O14P2S/c23-19-14-20(25-8-24-19)28(9-26-14)22-18(33)16(31)13(41-22)6-39-44(36,37)42-43(34,35)38-5-12-15(30)17(32)21(40-12)27-3-1-2-10(4-27)11(29)7-45/h1-4,8-9,12-13,15-18,21-22,30-33H,5-7H2,(H4-,23,24,25,34,35,36,37,45)/p+1/t12-,13-,15-,16-,17-,18-,21-,22-/m1/s1. The van der Waals surface area contributed by atoms with Crippen molar-refractivity contribution in [2.24, 2.45) is 0 Å². The van der Waals surface area contributed by atoms with E-state index in [1.165, 1.54) is 40.0 Å². The average Bonchev–Trinajstić information content (AvgIpc) is 3.64. The van der Waals surface area contributed by atoms with Crippen molar-refractivity contribution in [3.63, 3.8) is 0 Å². The van der Waals surface area contributed by atoms with E-state index in [0.29, 0.717) is 0 Å². The molecule has 3 aromatic heterocycles. The molecule has 2 saturated heterocycles. The Hall–Kier alpha value is -2.46. The highest BCUT2D eigenvalue weighted by molar-refractivity contribution is 7.81. The third-order valence-corrected chi connectivity index (χ3v) is 9.82. The largest absolute Gasteiger partial charge is 0.481 e. The van der Waals surface area contributed by atoms with Crippen molar-refractivity contribution < 1.29 is 71.5 Å². The van der Waals surface area contributed by atoms with Crippen molar-refractivity contribution in [3.8, 4) is 0 Å². The normalized spacial score (nSPS) is 31.2. The third kappa shape index (κ3) is 7.27. The van der Waals surface area contributed by atoms with Crippen LogP contribution in [0.2, 0.25) is 0 Å². The number of phosphoric acid groups is 2. The number of thiol groups is 1. The molecular weight excluding hydrogens is 666 g/mol. The van der Waals surface area contributed by atoms with E-state index in [2.05, 4.69) is 31.9 Å². The van der Waals surface area contributed by atoms with Gasteiger partial charge in [-0.1, -0.05) is 0 Å². The zero-order valence-corrected chi connectivity index (χ0v) is 25.5. The summed E-state index contributed by atoms with van der Waals surface area (Å²) in [6.07, 6.45) is -6.59. The molecule has 5 heterocycles. The summed E-state index contributed by atoms with van der Waals surface area (Å²) in [6, 6.07) is 3.01. The monoisotopic (exact) mass is 695 g/mol. The van der Waals surface area contributed by atoms with Crippen LogP contribution in [0.3, 0.4) is 0 Å². The predicted molar refractivity (Wildman–Crippen MR) is 149 cm³/mol. The first kappa shape index (κ1) is 33.9. The molecule has 23 heteroatoms. The second kappa shape index (κ2) is 13.3. The fourth-order valence-corrected chi connectivity index (χ4v) is 6.96. The van der Waals surface area contributed by atoms with Crippen LogP contribution < -0.4 is 10.3 Å². The summed E-state index contributed by atoms with van der Waals surface area (Å²) in [4.78, 5) is 43.9. The highest BCUT2D eigenvalue weighted by Crippen LogP contribution is 2.60. The minimum absolute atomic E-state index is 0.0527. The van der Waals surface area contributed by atoms with Crippen molar-refractivity contribution >= 4 is 51.0 Å². The maximum absolute atomic E-state index is 12.5. The predicted octanol–water partition coefficient (Wildman–Crippen LogP) is -2.00. The zero-order chi connectivity index (χ0) is 32.7. The van der Waals surface area contributed by atoms with Gasteiger partial charge in [0.05, 0.1) is 30.9 Å². The molecule has 0 bridgehead atoms. The Balaban J connectivity index is 1.16. The molecule has 246 valence electrons. The molecule has 0 spiro atoms. The number of Topliss-reactive ketones (excluding diaryl/α,β-unsaturated/α-hetero) is 1. The molecule has 0 amide bonds. The Bertz CT molecular complexity index is 1650. The molecule has 20 nitrogen and oxygen atoms in total. The number of aromatic nitrogens is 5. The number of phosphoric ester groups is 2. The number of hydrogen-bond acceptors (Lipinski definition) is 17. The van der Waals surface area contributed by atoms with E-state index >= 15 is 0 Å². The number of aliphatic hydroxyl groups excluding tert-OH is 4. The minimum Gasteiger partial charge on any atom is -0.387 e. The van der Waals surface area contributed by atoms with Gasteiger partial charge in [0.1, 0.15) is 42.4 Å². The summed E-state index contributed by atoms with van der Waals surface area (Å²) in [7, 11) is -10.7. The molecule has 10 atom stereocenters. The van der Waals surface area contributed by atoms with Crippen molar-refractivity contribution in [1.82, 2.24) is 19.5 Å². The van der Waals surface area contributed by atoms with Crippen LogP contribution in [-0.2, 0) is 32.0 Å². The molecule has 2 aliphatic heterocycles. The molecule has 0 aliphatic carbocycles. The fourth-order valence-electron chi connectivity index (χ4n) is 4.69. The summed E-state index contributed by atoms with van der Waals surface area (Å²) in [5.74, 6) is -0.337. The zero-order valence-electron chi connectivity index (χ0n) is 22.8. The van der Waals surface area contributed by atoms with Gasteiger partial charge in [0.15, 0.2) is 42.0 Å². The lowest BCUT2D eigenvalue weighted by Gasteiger charge is -2.20. The number of rotatable bonds is 12. The van der Waals surface area contributed by atoms with E-state index in [1.807, 2.05) is 0 Å². The van der Waals surface area contributed by atoms with Crippen LogP contribution in [0, 0.1) is 0 Å². The van der Waals surface area contributed by atoms with Gasteiger partial charge in [0, 0.05) is 6.07 Å². The molecule has 0 radical (unpaired) electrons. The lowest BCUT2D eigenvalue weighted by molar-refractivity contribution is -0.765. The van der Waals surface area contributed by atoms with Crippen molar-refractivity contribution in [3.05, 3.63) is 42.7 Å². The Kier molecular flexibility index (Phi) is 10.0. The van der Waals surface area contributed by atoms with Crippen molar-refractivity contribution in [2.45, 2.75) is 49.1 Å². The van der Waals surface area contributed by atoms with Gasteiger partial charge >= 0.3 is 15.6 Å². The number of nitrogen functional groups attached to an aromatic ring is 1. The Labute approximate surface area is 258 Å². The number of nitrogens with zero attached hydrogens (tertiary/aromatic N) is 5. The van der Waals surface area contributed by atoms with Gasteiger partial charge in [-0.3, -0.25) is 18.4 Å². The smallest absolute Gasteiger partial charge is 0.387 e. The van der Waals surface area contributed by atoms with Crippen LogP contribution in [-0.4, -0.2) is 111 Å². The number of nitrogens with two attached hydrogens (primary N) is 1. The molecule has 3 aromatic rings. The Morgan fingerprint density at radius 1 is 1.00 bits per heavy atom. The van der Waals surface area contributed by atoms with E-state index in [9.17, 15) is 44.1 Å². The van der Waals surface area contributed by atoms with Gasteiger partial charge in [-0.2, -0.15) is 21.5 Å². The molecule has 45 heavy (non-hydrogen) atoms. The number of imidazole rings is 1. The van der Waals surface area contributed by atoms with E-state index < -0.39 is 77.9 Å². The van der Waals surface area contributed by atoms with Crippen LogP contribution in [0.15, 0.2) is 37.2 Å². The molecular formula is C22H29N6O14P2S+. The molecule has 2 unspecified atom stereocenters. The Morgan fingerprint density at radius 3 is 2.31 bits per heavy atom. The first-order valence-corrected chi connectivity index (χ1v) is 16.6. The lowest BCUT2D eigenvalue weighted by atomic mass is 10.1. The number of aliphatic hydroxyl groups is 4. The Morgan fingerprint density at radius 2 is 1.64 bits per heavy atom. The highest BCUT2D eigenvalue weighted by Gasteiger charge is 2.50. The van der Waals surface area contributed by atoms with Crippen LogP contribution in [0.4, 0.5) is 5.82 Å². The van der Waals surface area contributed by atoms with Gasteiger partial charge < -0.3 is 45.4 Å². The number of carbonyl (C=O) groups is 1. The third-order valence-electron chi connectivity index (χ3n) is 6.93. The van der Waals surface area contributed by atoms with Crippen molar-refractivity contribution in [2.75, 3.05) is 24.7 Å². The first-order valence-electron chi connectivity index (χ1n) is 13.0. The van der Waals surface area contributed by atoms with Crippen LogP contribution in [0.25, 0.3) is 11.2 Å². The number of pyridine rings is 1. The molecule has 0 aromatic carbocycles. The van der Waals surface area contributed by atoms with Gasteiger partial charge in [-0.25, -0.2) is 24.1 Å². The maximum Gasteiger partial charge on any atom is 0.481 e. The summed E-state index contributed by atoms with van der Waals surface area (Å²) >= 11 is 3.93. The number of carbonyl (C=O) groups excluding carboxylic acids is 1. The molecule has 2 fully saturated rings. The summed E-state index contributed by atoms with van der Waals surface area (Å²) < 4.78 is 52.3. The lowest BCUT2D eigenvalue weighted by Crippen LogP contribution is -2.46. The molecule has 0 saturated carbocycles. The fraction of sp³-hybridized carbons (Fsp3) is 0.500. The first-order chi connectivity index (χ1) is 21.2. The van der Waals surface area contributed by atoms with Gasteiger partial charge in [0.2, 0.25) is 0 Å². The number of anilines is 1. The second-order valence-electron chi connectivity index (χ2n) is 9.91. The van der Waals surface area contributed by atoms with E-state index in [1.54, 1.807) is 0 Å². The number of ether oxygens (including phenoxy) is 2. The van der Waals surface area contributed by atoms with Crippen LogP contribution >= 0.6 is 28.3 Å². The van der Waals surface area contributed by atoms with E-state index in [-0.39, 0.29) is 34.1 Å².